The zero-order chi connectivity index (χ0) is 20.4. The third-order valence-electron chi connectivity index (χ3n) is 4.49. The summed E-state index contributed by atoms with van der Waals surface area (Å²) >= 11 is 6.11. The van der Waals surface area contributed by atoms with Crippen LogP contribution in [0.5, 0.6) is 0 Å². The lowest BCUT2D eigenvalue weighted by Gasteiger charge is -2.25. The van der Waals surface area contributed by atoms with Crippen molar-refractivity contribution in [3.8, 4) is 0 Å². The molecule has 0 saturated carbocycles. The Bertz CT molecular complexity index is 996. The standard InChI is InChI=1S/C21H22ClF2N3O/c1-4-27-18-10-14(22)8-9-17(18)25-19(27)12-26(11-13(2)3)21(28)20-15(23)6-5-7-16(20)24/h5-10,13H,4,11-12H2,1-3H3. The molecule has 1 heterocycles. The molecule has 1 amide bonds. The molecular formula is C21H22ClF2N3O. The molecule has 7 heteroatoms. The highest BCUT2D eigenvalue weighted by Gasteiger charge is 2.25. The van der Waals surface area contributed by atoms with Crippen LogP contribution in [0, 0.1) is 17.6 Å². The van der Waals surface area contributed by atoms with Crippen LogP contribution < -0.4 is 0 Å². The normalized spacial score (nSPS) is 11.4. The lowest BCUT2D eigenvalue weighted by atomic mass is 10.1. The van der Waals surface area contributed by atoms with Crippen molar-refractivity contribution < 1.29 is 13.6 Å². The molecular weight excluding hydrogens is 384 g/mol. The Hall–Kier alpha value is -2.47. The van der Waals surface area contributed by atoms with E-state index in [0.29, 0.717) is 23.9 Å². The number of carbonyl (C=O) groups excluding carboxylic acids is 1. The average molecular weight is 406 g/mol. The summed E-state index contributed by atoms with van der Waals surface area (Å²) in [6.45, 7) is 6.98. The van der Waals surface area contributed by atoms with Crippen LogP contribution in [0.25, 0.3) is 11.0 Å². The minimum atomic E-state index is -0.866. The van der Waals surface area contributed by atoms with Gasteiger partial charge in [0.25, 0.3) is 5.91 Å². The number of imidazole rings is 1. The van der Waals surface area contributed by atoms with Gasteiger partial charge < -0.3 is 9.47 Å². The lowest BCUT2D eigenvalue weighted by molar-refractivity contribution is 0.0706. The highest BCUT2D eigenvalue weighted by molar-refractivity contribution is 6.31. The summed E-state index contributed by atoms with van der Waals surface area (Å²) in [5.41, 5.74) is 1.08. The molecule has 1 aromatic heterocycles. The van der Waals surface area contributed by atoms with Crippen molar-refractivity contribution in [1.82, 2.24) is 14.5 Å². The van der Waals surface area contributed by atoms with Crippen molar-refractivity contribution in [1.29, 1.82) is 0 Å². The number of nitrogens with zero attached hydrogens (tertiary/aromatic N) is 3. The molecule has 0 unspecified atom stereocenters. The van der Waals surface area contributed by atoms with Crippen LogP contribution in [0.15, 0.2) is 36.4 Å². The fourth-order valence-corrected chi connectivity index (χ4v) is 3.48. The van der Waals surface area contributed by atoms with Gasteiger partial charge in [-0.05, 0) is 43.2 Å². The number of hydrogen-bond donors (Lipinski definition) is 0. The molecule has 3 rings (SSSR count). The van der Waals surface area contributed by atoms with E-state index in [1.807, 2.05) is 37.5 Å². The van der Waals surface area contributed by atoms with Crippen LogP contribution in [0.4, 0.5) is 8.78 Å². The fourth-order valence-electron chi connectivity index (χ4n) is 3.31. The zero-order valence-electron chi connectivity index (χ0n) is 16.0. The number of aryl methyl sites for hydroxylation is 1. The Kier molecular flexibility index (Phi) is 5.98. The number of amides is 1. The molecule has 4 nitrogen and oxygen atoms in total. The number of halogens is 3. The molecule has 0 saturated heterocycles. The van der Waals surface area contributed by atoms with E-state index in [1.54, 1.807) is 6.07 Å². The van der Waals surface area contributed by atoms with E-state index in [0.717, 1.165) is 23.2 Å². The second-order valence-corrected chi connectivity index (χ2v) is 7.52. The minimum absolute atomic E-state index is 0.118. The first-order valence-corrected chi connectivity index (χ1v) is 9.57. The second-order valence-electron chi connectivity index (χ2n) is 7.08. The van der Waals surface area contributed by atoms with Crippen LogP contribution in [0.2, 0.25) is 5.02 Å². The monoisotopic (exact) mass is 405 g/mol. The average Bonchev–Trinajstić information content (AvgIpc) is 2.96. The Morgan fingerprint density at radius 2 is 1.89 bits per heavy atom. The second kappa shape index (κ2) is 8.27. The highest BCUT2D eigenvalue weighted by Crippen LogP contribution is 2.23. The Balaban J connectivity index is 2.02. The number of hydrogen-bond acceptors (Lipinski definition) is 2. The van der Waals surface area contributed by atoms with Crippen LogP contribution in [-0.4, -0.2) is 26.9 Å². The number of rotatable bonds is 6. The summed E-state index contributed by atoms with van der Waals surface area (Å²) in [6, 6.07) is 8.82. The van der Waals surface area contributed by atoms with Crippen molar-refractivity contribution >= 4 is 28.5 Å². The summed E-state index contributed by atoms with van der Waals surface area (Å²) in [7, 11) is 0. The van der Waals surface area contributed by atoms with Crippen molar-refractivity contribution in [2.24, 2.45) is 5.92 Å². The van der Waals surface area contributed by atoms with Gasteiger partial charge in [-0.3, -0.25) is 4.79 Å². The quantitative estimate of drug-likeness (QED) is 0.559. The summed E-state index contributed by atoms with van der Waals surface area (Å²) in [5, 5.41) is 0.595. The Morgan fingerprint density at radius 1 is 1.21 bits per heavy atom. The Morgan fingerprint density at radius 3 is 2.50 bits per heavy atom. The van der Waals surface area contributed by atoms with Gasteiger partial charge in [-0.25, -0.2) is 13.8 Å². The van der Waals surface area contributed by atoms with E-state index >= 15 is 0 Å². The first-order valence-electron chi connectivity index (χ1n) is 9.19. The van der Waals surface area contributed by atoms with Crippen LogP contribution >= 0.6 is 11.6 Å². The summed E-state index contributed by atoms with van der Waals surface area (Å²) in [6.07, 6.45) is 0. The summed E-state index contributed by atoms with van der Waals surface area (Å²) in [5.74, 6) is -1.65. The molecule has 0 fully saturated rings. The van der Waals surface area contributed by atoms with E-state index in [-0.39, 0.29) is 12.5 Å². The van der Waals surface area contributed by atoms with Crippen LogP contribution in [-0.2, 0) is 13.1 Å². The van der Waals surface area contributed by atoms with Crippen LogP contribution in [0.3, 0.4) is 0 Å². The van der Waals surface area contributed by atoms with Gasteiger partial charge in [-0.15, -0.1) is 0 Å². The maximum absolute atomic E-state index is 14.2. The van der Waals surface area contributed by atoms with E-state index in [1.165, 1.54) is 11.0 Å². The maximum Gasteiger partial charge on any atom is 0.260 e. The number of benzene rings is 2. The predicted molar refractivity (Wildman–Crippen MR) is 106 cm³/mol. The molecule has 2 aromatic carbocycles. The fraction of sp³-hybridized carbons (Fsp3) is 0.333. The van der Waals surface area contributed by atoms with Gasteiger partial charge in [0.15, 0.2) is 0 Å². The number of fused-ring (bicyclic) bond motifs is 1. The molecule has 3 aromatic rings. The van der Waals surface area contributed by atoms with Crippen molar-refractivity contribution in [2.75, 3.05) is 6.54 Å². The third-order valence-corrected chi connectivity index (χ3v) is 4.72. The molecule has 0 radical (unpaired) electrons. The van der Waals surface area contributed by atoms with Gasteiger partial charge in [-0.1, -0.05) is 31.5 Å². The third kappa shape index (κ3) is 4.02. The van der Waals surface area contributed by atoms with E-state index in [9.17, 15) is 13.6 Å². The first-order chi connectivity index (χ1) is 13.3. The smallest absolute Gasteiger partial charge is 0.260 e. The van der Waals surface area contributed by atoms with Crippen molar-refractivity contribution in [2.45, 2.75) is 33.9 Å². The van der Waals surface area contributed by atoms with E-state index in [2.05, 4.69) is 4.98 Å². The van der Waals surface area contributed by atoms with Gasteiger partial charge in [0, 0.05) is 18.1 Å². The number of carbonyl (C=O) groups is 1. The molecule has 0 aliphatic carbocycles. The molecule has 0 bridgehead atoms. The van der Waals surface area contributed by atoms with E-state index < -0.39 is 23.1 Å². The maximum atomic E-state index is 14.2. The van der Waals surface area contributed by atoms with E-state index in [4.69, 9.17) is 11.6 Å². The van der Waals surface area contributed by atoms with Gasteiger partial charge in [0.2, 0.25) is 0 Å². The Labute approximate surface area is 167 Å². The predicted octanol–water partition coefficient (Wildman–Crippen LogP) is 5.29. The SMILES string of the molecule is CCn1c(CN(CC(C)C)C(=O)c2c(F)cccc2F)nc2ccc(Cl)cc21. The van der Waals surface area contributed by atoms with Gasteiger partial charge >= 0.3 is 0 Å². The van der Waals surface area contributed by atoms with Crippen molar-refractivity contribution in [3.05, 3.63) is 64.4 Å². The highest BCUT2D eigenvalue weighted by atomic mass is 35.5. The zero-order valence-corrected chi connectivity index (χ0v) is 16.8. The molecule has 0 N–H and O–H groups in total. The number of aromatic nitrogens is 2. The lowest BCUT2D eigenvalue weighted by Crippen LogP contribution is -2.35. The molecule has 0 spiro atoms. The summed E-state index contributed by atoms with van der Waals surface area (Å²) in [4.78, 5) is 19.0. The topological polar surface area (TPSA) is 38.1 Å². The van der Waals surface area contributed by atoms with Gasteiger partial charge in [0.1, 0.15) is 23.0 Å². The first kappa shape index (κ1) is 20.3. The molecule has 0 atom stereocenters. The van der Waals surface area contributed by atoms with Crippen molar-refractivity contribution in [3.63, 3.8) is 0 Å². The van der Waals surface area contributed by atoms with Crippen LogP contribution in [0.1, 0.15) is 37.0 Å². The molecule has 148 valence electrons. The largest absolute Gasteiger partial charge is 0.331 e. The molecule has 0 aliphatic rings. The molecule has 0 aliphatic heterocycles. The molecule has 28 heavy (non-hydrogen) atoms. The van der Waals surface area contributed by atoms with Gasteiger partial charge in [0.05, 0.1) is 17.6 Å². The minimum Gasteiger partial charge on any atom is -0.331 e. The summed E-state index contributed by atoms with van der Waals surface area (Å²) < 4.78 is 30.3. The van der Waals surface area contributed by atoms with Gasteiger partial charge in [-0.2, -0.15) is 0 Å².